The summed E-state index contributed by atoms with van der Waals surface area (Å²) in [5.41, 5.74) is 2.19. The van der Waals surface area contributed by atoms with Gasteiger partial charge in [0.15, 0.2) is 5.76 Å². The summed E-state index contributed by atoms with van der Waals surface area (Å²) in [6, 6.07) is 21.3. The summed E-state index contributed by atoms with van der Waals surface area (Å²) in [6.45, 7) is 0. The number of para-hydroxylation sites is 3. The van der Waals surface area contributed by atoms with E-state index in [1.165, 1.54) is 17.4 Å². The number of aromatic nitrogens is 1. The maximum atomic E-state index is 11.5. The quantitative estimate of drug-likeness (QED) is 0.155. The first-order chi connectivity index (χ1) is 17.6. The number of furan rings is 1. The van der Waals surface area contributed by atoms with Crippen LogP contribution in [0, 0.1) is 10.1 Å². The van der Waals surface area contributed by atoms with Crippen molar-refractivity contribution >= 4 is 39.9 Å². The zero-order chi connectivity index (χ0) is 25.1. The molecule has 36 heavy (non-hydrogen) atoms. The number of hydrogen-bond donors (Lipinski definition) is 0. The topological polar surface area (TPSA) is 104 Å². The molecule has 0 radical (unpaired) electrons. The van der Waals surface area contributed by atoms with Crippen molar-refractivity contribution < 1.29 is 18.8 Å². The van der Waals surface area contributed by atoms with Crippen molar-refractivity contribution in [3.63, 3.8) is 0 Å². The van der Waals surface area contributed by atoms with Crippen molar-refractivity contribution in [2.45, 2.75) is 0 Å². The fourth-order valence-corrected chi connectivity index (χ4v) is 4.47. The van der Waals surface area contributed by atoms with Crippen LogP contribution >= 0.6 is 11.3 Å². The molecule has 0 atom stereocenters. The molecule has 0 aliphatic carbocycles. The van der Waals surface area contributed by atoms with Gasteiger partial charge >= 0.3 is 0 Å². The minimum atomic E-state index is -0.457. The Hall–Kier alpha value is -4.70. The van der Waals surface area contributed by atoms with E-state index in [-0.39, 0.29) is 11.4 Å². The summed E-state index contributed by atoms with van der Waals surface area (Å²) in [6.07, 6.45) is 1.62. The highest BCUT2D eigenvalue weighted by Crippen LogP contribution is 2.30. The Labute approximate surface area is 209 Å². The maximum absolute atomic E-state index is 11.5. The highest BCUT2D eigenvalue weighted by molar-refractivity contribution is 7.07. The van der Waals surface area contributed by atoms with Gasteiger partial charge in [0.2, 0.25) is 4.80 Å². The lowest BCUT2D eigenvalue weighted by Gasteiger charge is -2.07. The van der Waals surface area contributed by atoms with Crippen LogP contribution in [-0.4, -0.2) is 30.0 Å². The predicted molar refractivity (Wildman–Crippen MR) is 138 cm³/mol. The maximum Gasteiger partial charge on any atom is 0.294 e. The Morgan fingerprint density at radius 2 is 1.83 bits per heavy atom. The van der Waals surface area contributed by atoms with Crippen LogP contribution in [0.4, 0.5) is 11.4 Å². The molecular formula is C26H20N4O5S. The number of rotatable bonds is 7. The first-order valence-corrected chi connectivity index (χ1v) is 11.7. The minimum absolute atomic E-state index is 0.0961. The van der Waals surface area contributed by atoms with E-state index >= 15 is 0 Å². The molecule has 0 N–H and O–H groups in total. The van der Waals surface area contributed by atoms with Crippen LogP contribution in [-0.2, 0) is 0 Å². The van der Waals surface area contributed by atoms with E-state index < -0.39 is 4.92 Å². The molecule has 5 aromatic rings. The molecule has 2 aromatic heterocycles. The number of methoxy groups -OCH3 is 2. The molecule has 3 aromatic carbocycles. The highest BCUT2D eigenvalue weighted by atomic mass is 32.1. The molecule has 0 saturated carbocycles. The van der Waals surface area contributed by atoms with Crippen molar-refractivity contribution in [1.82, 2.24) is 4.68 Å². The van der Waals surface area contributed by atoms with E-state index in [1.807, 2.05) is 35.7 Å². The van der Waals surface area contributed by atoms with Gasteiger partial charge in [-0.3, -0.25) is 10.1 Å². The first kappa shape index (κ1) is 23.1. The molecule has 5 rings (SSSR count). The number of nitrogens with zero attached hydrogens (tertiary/aromatic N) is 4. The van der Waals surface area contributed by atoms with Crippen LogP contribution in [0.5, 0.6) is 11.5 Å². The fraction of sp³-hybridized carbons (Fsp3) is 0.0769. The fourth-order valence-electron chi connectivity index (χ4n) is 3.64. The highest BCUT2D eigenvalue weighted by Gasteiger charge is 2.16. The molecule has 0 spiro atoms. The number of nitro groups is 1. The number of ether oxygens (including phenoxy) is 2. The first-order valence-electron chi connectivity index (χ1n) is 10.8. The summed E-state index contributed by atoms with van der Waals surface area (Å²) in [4.78, 5) is 16.1. The second kappa shape index (κ2) is 9.88. The molecule has 180 valence electrons. The van der Waals surface area contributed by atoms with Crippen molar-refractivity contribution in [1.29, 1.82) is 0 Å². The number of fused-ring (bicyclic) bond motifs is 1. The molecule has 0 aliphatic heterocycles. The van der Waals surface area contributed by atoms with Gasteiger partial charge in [0.25, 0.3) is 5.69 Å². The Morgan fingerprint density at radius 3 is 2.61 bits per heavy atom. The average Bonchev–Trinajstić information content (AvgIpc) is 3.51. The van der Waals surface area contributed by atoms with E-state index in [1.54, 1.807) is 61.5 Å². The number of benzene rings is 3. The molecule has 0 fully saturated rings. The molecule has 0 bridgehead atoms. The molecular weight excluding hydrogens is 480 g/mol. The Morgan fingerprint density at radius 1 is 1.03 bits per heavy atom. The summed E-state index contributed by atoms with van der Waals surface area (Å²) in [7, 11) is 3.16. The number of thiazole rings is 1. The predicted octanol–water partition coefficient (Wildman–Crippen LogP) is 6.00. The molecule has 10 heteroatoms. The average molecular weight is 501 g/mol. The summed E-state index contributed by atoms with van der Waals surface area (Å²) >= 11 is 1.29. The van der Waals surface area contributed by atoms with Crippen molar-refractivity contribution in [2.75, 3.05) is 14.2 Å². The van der Waals surface area contributed by atoms with Crippen molar-refractivity contribution in [3.8, 4) is 23.0 Å². The van der Waals surface area contributed by atoms with Crippen LogP contribution in [0.15, 0.2) is 92.7 Å². The SMILES string of the molecule is COc1ccc(OC)c(C=Nn2c(-c3cc4ccccc4o3)csc2=Nc2ccccc2[N+](=O)[O-])c1. The van der Waals surface area contributed by atoms with Gasteiger partial charge in [-0.05, 0) is 36.4 Å². The van der Waals surface area contributed by atoms with Gasteiger partial charge in [0.05, 0.1) is 25.4 Å². The van der Waals surface area contributed by atoms with Crippen molar-refractivity contribution in [2.24, 2.45) is 10.1 Å². The van der Waals surface area contributed by atoms with Gasteiger partial charge < -0.3 is 13.9 Å². The van der Waals surface area contributed by atoms with Gasteiger partial charge in [-0.15, -0.1) is 11.3 Å². The lowest BCUT2D eigenvalue weighted by atomic mass is 10.2. The molecule has 0 amide bonds. The van der Waals surface area contributed by atoms with E-state index in [0.29, 0.717) is 33.3 Å². The number of hydrogen-bond acceptors (Lipinski definition) is 8. The summed E-state index contributed by atoms with van der Waals surface area (Å²) in [5, 5.41) is 19.0. The van der Waals surface area contributed by atoms with Gasteiger partial charge in [0, 0.05) is 22.4 Å². The monoisotopic (exact) mass is 500 g/mol. The number of nitro benzene ring substituents is 1. The summed E-state index contributed by atoms with van der Waals surface area (Å²) < 4.78 is 18.5. The largest absolute Gasteiger partial charge is 0.497 e. The molecule has 9 nitrogen and oxygen atoms in total. The van der Waals surface area contributed by atoms with Crippen LogP contribution in [0.3, 0.4) is 0 Å². The zero-order valence-electron chi connectivity index (χ0n) is 19.3. The van der Waals surface area contributed by atoms with E-state index in [9.17, 15) is 10.1 Å². The van der Waals surface area contributed by atoms with Gasteiger partial charge in [0.1, 0.15) is 28.5 Å². The normalized spacial score (nSPS) is 11.9. The Bertz CT molecular complexity index is 1630. The Kier molecular flexibility index (Phi) is 6.33. The van der Waals surface area contributed by atoms with Gasteiger partial charge in [-0.1, -0.05) is 30.3 Å². The van der Waals surface area contributed by atoms with Gasteiger partial charge in [-0.25, -0.2) is 9.67 Å². The second-order valence-electron chi connectivity index (χ2n) is 7.57. The van der Waals surface area contributed by atoms with E-state index in [0.717, 1.165) is 11.0 Å². The van der Waals surface area contributed by atoms with E-state index in [2.05, 4.69) is 10.1 Å². The lowest BCUT2D eigenvalue weighted by molar-refractivity contribution is -0.384. The molecule has 0 unspecified atom stereocenters. The standard InChI is InChI=1S/C26H20N4O5S/c1-33-19-11-12-23(34-2)18(13-19)15-27-29-22(25-14-17-7-3-6-10-24(17)35-25)16-36-26(29)28-20-8-4-5-9-21(20)30(31)32/h3-16H,1-2H3. The van der Waals surface area contributed by atoms with Crippen LogP contribution in [0.25, 0.3) is 22.4 Å². The van der Waals surface area contributed by atoms with Crippen molar-refractivity contribution in [3.05, 3.63) is 98.7 Å². The molecule has 2 heterocycles. The molecule has 0 saturated heterocycles. The van der Waals surface area contributed by atoms with E-state index in [4.69, 9.17) is 13.9 Å². The third kappa shape index (κ3) is 4.49. The Balaban J connectivity index is 1.70. The lowest BCUT2D eigenvalue weighted by Crippen LogP contribution is -2.11. The molecule has 0 aliphatic rings. The smallest absolute Gasteiger partial charge is 0.294 e. The second-order valence-corrected chi connectivity index (χ2v) is 8.41. The summed E-state index contributed by atoms with van der Waals surface area (Å²) in [5.74, 6) is 1.85. The third-order valence-electron chi connectivity index (χ3n) is 5.41. The third-order valence-corrected chi connectivity index (χ3v) is 6.22. The van der Waals surface area contributed by atoms with Crippen LogP contribution < -0.4 is 14.3 Å². The minimum Gasteiger partial charge on any atom is -0.497 e. The van der Waals surface area contributed by atoms with Gasteiger partial charge in [-0.2, -0.15) is 5.10 Å². The van der Waals surface area contributed by atoms with Crippen LogP contribution in [0.1, 0.15) is 5.56 Å². The zero-order valence-corrected chi connectivity index (χ0v) is 20.1. The van der Waals surface area contributed by atoms with Crippen LogP contribution in [0.2, 0.25) is 0 Å².